The minimum Gasteiger partial charge on any atom is -0.465 e. The molecule has 3 aromatic rings. The van der Waals surface area contributed by atoms with E-state index in [1.54, 1.807) is 18.2 Å². The Bertz CT molecular complexity index is 1150. The number of halogens is 1. The van der Waals surface area contributed by atoms with E-state index in [0.717, 1.165) is 22.9 Å². The van der Waals surface area contributed by atoms with Crippen molar-refractivity contribution in [1.82, 2.24) is 4.98 Å². The lowest BCUT2D eigenvalue weighted by atomic mass is 10.1. The van der Waals surface area contributed by atoms with Gasteiger partial charge in [0.15, 0.2) is 0 Å². The average molecular weight is 431 g/mol. The van der Waals surface area contributed by atoms with Gasteiger partial charge in [-0.1, -0.05) is 29.4 Å². The summed E-state index contributed by atoms with van der Waals surface area (Å²) in [6.07, 6.45) is 0. The van der Waals surface area contributed by atoms with Crippen LogP contribution in [0.1, 0.15) is 21.5 Å². The normalized spacial score (nSPS) is 10.8. The number of aromatic amines is 1. The van der Waals surface area contributed by atoms with Gasteiger partial charge in [-0.15, -0.1) is 0 Å². The predicted octanol–water partition coefficient (Wildman–Crippen LogP) is 4.32. The number of aromatic nitrogens is 1. The first-order valence-corrected chi connectivity index (χ1v) is 10.1. The fourth-order valence-corrected chi connectivity index (χ4v) is 4.04. The highest BCUT2D eigenvalue weighted by Crippen LogP contribution is 2.24. The maximum atomic E-state index is 12.8. The number of esters is 1. The largest absolute Gasteiger partial charge is 0.465 e. The van der Waals surface area contributed by atoms with Crippen LogP contribution in [0.25, 0.3) is 10.9 Å². The van der Waals surface area contributed by atoms with Gasteiger partial charge in [-0.3, -0.25) is 9.59 Å². The second kappa shape index (κ2) is 8.71. The first-order chi connectivity index (χ1) is 13.8. The minimum atomic E-state index is -0.764. The molecule has 150 valence electrons. The fraction of sp³-hybridized carbons (Fsp3) is 0.190. The van der Waals surface area contributed by atoms with Crippen LogP contribution >= 0.6 is 23.4 Å². The summed E-state index contributed by atoms with van der Waals surface area (Å²) in [6, 6.07) is 10.5. The number of ether oxygens (including phenoxy) is 1. The van der Waals surface area contributed by atoms with Gasteiger partial charge in [0.05, 0.1) is 23.4 Å². The molecule has 6 nitrogen and oxygen atoms in total. The molecule has 0 atom stereocenters. The van der Waals surface area contributed by atoms with Crippen LogP contribution in [0.15, 0.2) is 46.2 Å². The van der Waals surface area contributed by atoms with Crippen molar-refractivity contribution < 1.29 is 14.3 Å². The van der Waals surface area contributed by atoms with Crippen molar-refractivity contribution in [3.63, 3.8) is 0 Å². The molecule has 0 spiro atoms. The molecule has 8 heteroatoms. The zero-order valence-electron chi connectivity index (χ0n) is 16.1. The highest BCUT2D eigenvalue weighted by atomic mass is 35.5. The van der Waals surface area contributed by atoms with E-state index in [1.165, 1.54) is 7.11 Å². The van der Waals surface area contributed by atoms with Crippen molar-refractivity contribution in [2.24, 2.45) is 0 Å². The number of fused-ring (bicyclic) bond motifs is 1. The molecule has 1 heterocycles. The summed E-state index contributed by atoms with van der Waals surface area (Å²) in [5, 5.41) is 3.85. The number of aryl methyl sites for hydroxylation is 2. The van der Waals surface area contributed by atoms with Crippen LogP contribution < -0.4 is 10.7 Å². The Labute approximate surface area is 176 Å². The Morgan fingerprint density at radius 3 is 2.48 bits per heavy atom. The number of hydrogen-bond donors (Lipinski definition) is 2. The Kier molecular flexibility index (Phi) is 6.30. The summed E-state index contributed by atoms with van der Waals surface area (Å²) < 4.78 is 4.76. The van der Waals surface area contributed by atoms with E-state index in [-0.39, 0.29) is 22.2 Å². The lowest BCUT2D eigenvalue weighted by Gasteiger charge is -2.11. The SMILES string of the molecule is COC(=O)c1c(SCC(=O)Nc2cc(C)cc(C)c2)[nH]c2cc(Cl)ccc2c1=O. The van der Waals surface area contributed by atoms with Gasteiger partial charge in [0, 0.05) is 16.1 Å². The summed E-state index contributed by atoms with van der Waals surface area (Å²) in [5.41, 5.74) is 2.65. The molecule has 2 N–H and O–H groups in total. The second-order valence-electron chi connectivity index (χ2n) is 6.55. The summed E-state index contributed by atoms with van der Waals surface area (Å²) in [5.74, 6) is -1.03. The molecule has 0 unspecified atom stereocenters. The number of methoxy groups -OCH3 is 1. The minimum absolute atomic E-state index is 0.000996. The molecular formula is C21H19ClN2O4S. The molecule has 0 radical (unpaired) electrons. The van der Waals surface area contributed by atoms with Crippen molar-refractivity contribution in [2.75, 3.05) is 18.2 Å². The molecule has 0 saturated carbocycles. The Morgan fingerprint density at radius 1 is 1.14 bits per heavy atom. The van der Waals surface area contributed by atoms with E-state index >= 15 is 0 Å². The molecule has 29 heavy (non-hydrogen) atoms. The molecule has 2 aromatic carbocycles. The van der Waals surface area contributed by atoms with Crippen molar-refractivity contribution in [2.45, 2.75) is 18.9 Å². The van der Waals surface area contributed by atoms with Crippen LogP contribution in [0, 0.1) is 13.8 Å². The number of rotatable bonds is 5. The summed E-state index contributed by atoms with van der Waals surface area (Å²) in [4.78, 5) is 40.4. The van der Waals surface area contributed by atoms with Gasteiger partial charge in [-0.05, 0) is 55.3 Å². The summed E-state index contributed by atoms with van der Waals surface area (Å²) in [6.45, 7) is 3.90. The number of H-pyrrole nitrogens is 1. The Morgan fingerprint density at radius 2 is 1.83 bits per heavy atom. The van der Waals surface area contributed by atoms with Crippen LogP contribution in [0.2, 0.25) is 5.02 Å². The van der Waals surface area contributed by atoms with Crippen LogP contribution in [-0.2, 0) is 9.53 Å². The van der Waals surface area contributed by atoms with Gasteiger partial charge >= 0.3 is 5.97 Å². The monoisotopic (exact) mass is 430 g/mol. The van der Waals surface area contributed by atoms with E-state index in [2.05, 4.69) is 10.3 Å². The highest BCUT2D eigenvalue weighted by molar-refractivity contribution is 8.00. The number of benzene rings is 2. The van der Waals surface area contributed by atoms with E-state index < -0.39 is 11.4 Å². The second-order valence-corrected chi connectivity index (χ2v) is 7.98. The molecule has 0 aliphatic carbocycles. The van der Waals surface area contributed by atoms with Crippen LogP contribution in [0.3, 0.4) is 0 Å². The first kappa shape index (κ1) is 21.0. The number of nitrogens with one attached hydrogen (secondary N) is 2. The topological polar surface area (TPSA) is 88.3 Å². The smallest absolute Gasteiger partial charge is 0.344 e. The Balaban J connectivity index is 1.89. The number of carbonyl (C=O) groups is 2. The third kappa shape index (κ3) is 4.81. The van der Waals surface area contributed by atoms with E-state index in [9.17, 15) is 14.4 Å². The number of anilines is 1. The Hall–Kier alpha value is -2.77. The van der Waals surface area contributed by atoms with E-state index in [4.69, 9.17) is 16.3 Å². The highest BCUT2D eigenvalue weighted by Gasteiger charge is 2.21. The fourth-order valence-electron chi connectivity index (χ4n) is 3.02. The van der Waals surface area contributed by atoms with Crippen molar-refractivity contribution in [3.05, 3.63) is 68.3 Å². The summed E-state index contributed by atoms with van der Waals surface area (Å²) >= 11 is 7.06. The van der Waals surface area contributed by atoms with Crippen molar-refractivity contribution in [1.29, 1.82) is 0 Å². The molecule has 0 bridgehead atoms. The van der Waals surface area contributed by atoms with Gasteiger partial charge in [-0.2, -0.15) is 0 Å². The maximum absolute atomic E-state index is 12.8. The van der Waals surface area contributed by atoms with E-state index in [0.29, 0.717) is 21.6 Å². The molecule has 1 amide bonds. The predicted molar refractivity (Wildman–Crippen MR) is 116 cm³/mol. The lowest BCUT2D eigenvalue weighted by molar-refractivity contribution is -0.113. The molecule has 1 aromatic heterocycles. The standard InChI is InChI=1S/C21H19ClN2O4S/c1-11-6-12(2)8-14(7-11)23-17(25)10-29-20-18(21(27)28-3)19(26)15-5-4-13(22)9-16(15)24-20/h4-9H,10H2,1-3H3,(H,23,25)(H,24,26). The third-order valence-electron chi connectivity index (χ3n) is 4.17. The molecule has 0 fully saturated rings. The zero-order valence-corrected chi connectivity index (χ0v) is 17.7. The molecule has 0 saturated heterocycles. The number of carbonyl (C=O) groups excluding carboxylic acids is 2. The maximum Gasteiger partial charge on any atom is 0.344 e. The van der Waals surface area contributed by atoms with E-state index in [1.807, 2.05) is 32.0 Å². The first-order valence-electron chi connectivity index (χ1n) is 8.73. The van der Waals surface area contributed by atoms with Crippen molar-refractivity contribution in [3.8, 4) is 0 Å². The van der Waals surface area contributed by atoms with Gasteiger partial charge in [0.2, 0.25) is 11.3 Å². The van der Waals surface area contributed by atoms with Gasteiger partial charge in [-0.25, -0.2) is 4.79 Å². The zero-order chi connectivity index (χ0) is 21.1. The van der Waals surface area contributed by atoms with Crippen molar-refractivity contribution >= 4 is 51.8 Å². The average Bonchev–Trinajstić information content (AvgIpc) is 2.64. The third-order valence-corrected chi connectivity index (χ3v) is 5.41. The number of thioether (sulfide) groups is 1. The quantitative estimate of drug-likeness (QED) is 0.465. The summed E-state index contributed by atoms with van der Waals surface area (Å²) in [7, 11) is 1.20. The number of pyridine rings is 1. The molecule has 0 aliphatic rings. The van der Waals surface area contributed by atoms with Crippen LogP contribution in [-0.4, -0.2) is 29.7 Å². The molecule has 0 aliphatic heterocycles. The lowest BCUT2D eigenvalue weighted by Crippen LogP contribution is -2.20. The molecule has 3 rings (SSSR count). The number of amides is 1. The van der Waals surface area contributed by atoms with Crippen LogP contribution in [0.4, 0.5) is 5.69 Å². The molecular weight excluding hydrogens is 412 g/mol. The van der Waals surface area contributed by atoms with Gasteiger partial charge in [0.1, 0.15) is 5.56 Å². The van der Waals surface area contributed by atoms with Crippen LogP contribution in [0.5, 0.6) is 0 Å². The number of hydrogen-bond acceptors (Lipinski definition) is 5. The van der Waals surface area contributed by atoms with Gasteiger partial charge in [0.25, 0.3) is 0 Å². The van der Waals surface area contributed by atoms with Gasteiger partial charge < -0.3 is 15.0 Å².